The molecule has 0 amide bonds. The minimum atomic E-state index is -0.00488. The Bertz CT molecular complexity index is 886. The van der Waals surface area contributed by atoms with Gasteiger partial charge in [-0.05, 0) is 64.8 Å². The summed E-state index contributed by atoms with van der Waals surface area (Å²) in [6.07, 6.45) is 14.9. The van der Waals surface area contributed by atoms with Crippen LogP contribution in [0.4, 0.5) is 0 Å². The fourth-order valence-electron chi connectivity index (χ4n) is 5.01. The monoisotopic (exact) mass is 469 g/mol. The number of allylic oxidation sites excluding steroid dienone is 5. The molecule has 2 aliphatic heterocycles. The van der Waals surface area contributed by atoms with Crippen molar-refractivity contribution in [3.63, 3.8) is 0 Å². The molecule has 0 aromatic carbocycles. The van der Waals surface area contributed by atoms with Crippen LogP contribution in [-0.2, 0) is 0 Å². The number of nitrogens with two attached hydrogens (primary N) is 1. The Morgan fingerprint density at radius 1 is 1.32 bits per heavy atom. The van der Waals surface area contributed by atoms with E-state index in [1.165, 1.54) is 33.8 Å². The maximum Gasteiger partial charge on any atom is 0.115 e. The fraction of sp³-hybridized carbons (Fsp3) is 0.577. The van der Waals surface area contributed by atoms with E-state index in [9.17, 15) is 5.21 Å². The van der Waals surface area contributed by atoms with Crippen molar-refractivity contribution in [2.24, 2.45) is 10.7 Å². The molecule has 8 nitrogen and oxygen atoms in total. The zero-order chi connectivity index (χ0) is 24.7. The van der Waals surface area contributed by atoms with Crippen LogP contribution in [0.3, 0.4) is 0 Å². The highest BCUT2D eigenvalue weighted by molar-refractivity contribution is 5.81. The highest BCUT2D eigenvalue weighted by Crippen LogP contribution is 2.27. The van der Waals surface area contributed by atoms with Gasteiger partial charge in [-0.2, -0.15) is 0 Å². The third-order valence-corrected chi connectivity index (χ3v) is 6.79. The topological polar surface area (TPSA) is 92.4 Å². The summed E-state index contributed by atoms with van der Waals surface area (Å²) in [5.41, 5.74) is 11.7. The molecule has 34 heavy (non-hydrogen) atoms. The average Bonchev–Trinajstić information content (AvgIpc) is 3.15. The normalized spacial score (nSPS) is 26.1. The molecule has 3 atom stereocenters. The van der Waals surface area contributed by atoms with Gasteiger partial charge in [0.05, 0.1) is 6.54 Å². The van der Waals surface area contributed by atoms with Crippen molar-refractivity contribution in [2.45, 2.75) is 65.2 Å². The number of piperidine rings is 1. The molecule has 0 spiro atoms. The molecule has 0 radical (unpaired) electrons. The SMILES string of the molecule is CNC1=C(/C=N\C(C)NC2=CCC(C)=CC(C)=C2)CN([C@@H]2CCN(N(O)C/C=C\N)[C@H](C)C2)C1. The Morgan fingerprint density at radius 3 is 2.82 bits per heavy atom. The number of nitrogens with one attached hydrogen (secondary N) is 2. The summed E-state index contributed by atoms with van der Waals surface area (Å²) in [5.74, 6) is 0. The fourth-order valence-corrected chi connectivity index (χ4v) is 5.01. The van der Waals surface area contributed by atoms with Crippen LogP contribution in [0.5, 0.6) is 0 Å². The summed E-state index contributed by atoms with van der Waals surface area (Å²) in [6.45, 7) is 11.6. The molecule has 1 aliphatic carbocycles. The zero-order valence-electron chi connectivity index (χ0n) is 21.5. The van der Waals surface area contributed by atoms with Crippen molar-refractivity contribution in [3.05, 3.63) is 58.6 Å². The molecule has 0 bridgehead atoms. The lowest BCUT2D eigenvalue weighted by molar-refractivity contribution is -0.262. The first kappa shape index (κ1) is 26.2. The van der Waals surface area contributed by atoms with Crippen LogP contribution >= 0.6 is 0 Å². The third kappa shape index (κ3) is 7.06. The highest BCUT2D eigenvalue weighted by atomic mass is 16.5. The Balaban J connectivity index is 1.55. The highest BCUT2D eigenvalue weighted by Gasteiger charge is 2.34. The van der Waals surface area contributed by atoms with E-state index < -0.39 is 0 Å². The second-order valence-electron chi connectivity index (χ2n) is 9.67. The number of hydrogen-bond donors (Lipinski definition) is 4. The first-order valence-electron chi connectivity index (χ1n) is 12.4. The maximum atomic E-state index is 10.3. The van der Waals surface area contributed by atoms with E-state index in [0.29, 0.717) is 12.6 Å². The van der Waals surface area contributed by atoms with Crippen molar-refractivity contribution in [1.29, 1.82) is 0 Å². The molecule has 1 fully saturated rings. The summed E-state index contributed by atoms with van der Waals surface area (Å²) >= 11 is 0. The van der Waals surface area contributed by atoms with Crippen molar-refractivity contribution in [1.82, 2.24) is 25.7 Å². The first-order chi connectivity index (χ1) is 16.3. The molecule has 3 aliphatic rings. The molecular weight excluding hydrogens is 426 g/mol. The Kier molecular flexibility index (Phi) is 9.53. The molecule has 2 heterocycles. The number of nitrogens with zero attached hydrogens (tertiary/aromatic N) is 4. The van der Waals surface area contributed by atoms with Gasteiger partial charge < -0.3 is 16.4 Å². The lowest BCUT2D eigenvalue weighted by atomic mass is 9.98. The lowest BCUT2D eigenvalue weighted by Gasteiger charge is -2.43. The van der Waals surface area contributed by atoms with E-state index in [4.69, 9.17) is 10.7 Å². The summed E-state index contributed by atoms with van der Waals surface area (Å²) in [7, 11) is 1.99. The molecular formula is C26H43N7O. The van der Waals surface area contributed by atoms with Crippen LogP contribution in [0.15, 0.2) is 63.6 Å². The summed E-state index contributed by atoms with van der Waals surface area (Å²) in [6, 6.07) is 0.742. The van der Waals surface area contributed by atoms with Gasteiger partial charge in [-0.25, -0.2) is 5.01 Å². The van der Waals surface area contributed by atoms with Gasteiger partial charge in [0.2, 0.25) is 0 Å². The second kappa shape index (κ2) is 12.4. The molecule has 1 unspecified atom stereocenters. The van der Waals surface area contributed by atoms with Crippen molar-refractivity contribution in [3.8, 4) is 0 Å². The molecule has 0 saturated carbocycles. The quantitative estimate of drug-likeness (QED) is 0.305. The minimum absolute atomic E-state index is 0.00488. The molecule has 0 aromatic rings. The first-order valence-corrected chi connectivity index (χ1v) is 12.4. The van der Waals surface area contributed by atoms with Crippen molar-refractivity contribution < 1.29 is 5.21 Å². The minimum Gasteiger partial charge on any atom is -0.405 e. The summed E-state index contributed by atoms with van der Waals surface area (Å²) < 4.78 is 0. The Labute approximate surface area is 205 Å². The summed E-state index contributed by atoms with van der Waals surface area (Å²) in [4.78, 5) is 7.36. The van der Waals surface area contributed by atoms with Gasteiger partial charge in [0, 0.05) is 61.9 Å². The molecule has 3 rings (SSSR count). The number of hydrogen-bond acceptors (Lipinski definition) is 8. The number of hydroxylamine groups is 1. The van der Waals surface area contributed by atoms with E-state index in [1.807, 2.05) is 18.3 Å². The van der Waals surface area contributed by atoms with Gasteiger partial charge in [0.25, 0.3) is 0 Å². The van der Waals surface area contributed by atoms with E-state index in [0.717, 1.165) is 44.6 Å². The number of aliphatic imine (C=N–C) groups is 1. The van der Waals surface area contributed by atoms with E-state index in [2.05, 4.69) is 61.5 Å². The molecule has 5 N–H and O–H groups in total. The van der Waals surface area contributed by atoms with Gasteiger partial charge in [0.15, 0.2) is 0 Å². The van der Waals surface area contributed by atoms with Crippen LogP contribution in [0, 0.1) is 0 Å². The molecule has 8 heteroatoms. The second-order valence-corrected chi connectivity index (χ2v) is 9.67. The third-order valence-electron chi connectivity index (χ3n) is 6.79. The smallest absolute Gasteiger partial charge is 0.115 e. The number of rotatable bonds is 9. The van der Waals surface area contributed by atoms with Crippen LogP contribution < -0.4 is 16.4 Å². The predicted octanol–water partition coefficient (Wildman–Crippen LogP) is 2.89. The van der Waals surface area contributed by atoms with Gasteiger partial charge in [-0.1, -0.05) is 23.8 Å². The molecule has 0 aromatic heterocycles. The van der Waals surface area contributed by atoms with Crippen LogP contribution in [0.2, 0.25) is 0 Å². The van der Waals surface area contributed by atoms with Gasteiger partial charge in [-0.15, -0.1) is 5.17 Å². The lowest BCUT2D eigenvalue weighted by Crippen LogP contribution is -2.54. The predicted molar refractivity (Wildman–Crippen MR) is 140 cm³/mol. The van der Waals surface area contributed by atoms with Gasteiger partial charge in [-0.3, -0.25) is 15.1 Å². The van der Waals surface area contributed by atoms with Crippen LogP contribution in [0.1, 0.15) is 47.0 Å². The zero-order valence-corrected chi connectivity index (χ0v) is 21.5. The van der Waals surface area contributed by atoms with E-state index in [-0.39, 0.29) is 12.2 Å². The Hall–Kier alpha value is -2.39. The maximum absolute atomic E-state index is 10.3. The van der Waals surface area contributed by atoms with E-state index in [1.54, 1.807) is 6.08 Å². The largest absolute Gasteiger partial charge is 0.405 e. The standard InChI is InChI=1S/C26H43N7O/c1-19-7-8-24(14-20(2)13-19)30-22(4)29-16-23-17-31(18-26(23)28-5)25-9-12-32(21(3)15-25)33(34)11-6-10-27/h6,8,10,13-14,16,21-22,25,28,30,34H,7,9,11-12,15,17-18,27H2,1-5H3/b10-6-,29-16-/t21-,22?,25-/m1/s1. The van der Waals surface area contributed by atoms with Crippen LogP contribution in [0.25, 0.3) is 0 Å². The Morgan fingerprint density at radius 2 is 2.12 bits per heavy atom. The van der Waals surface area contributed by atoms with Crippen LogP contribution in [-0.4, -0.2) is 78.0 Å². The number of hydrazine groups is 1. The molecule has 188 valence electrons. The van der Waals surface area contributed by atoms with E-state index >= 15 is 0 Å². The average molecular weight is 470 g/mol. The number of likely N-dealkylation sites (N-methyl/N-ethyl adjacent to an activating group) is 1. The summed E-state index contributed by atoms with van der Waals surface area (Å²) in [5, 5.41) is 20.6. The molecule has 1 saturated heterocycles. The van der Waals surface area contributed by atoms with Gasteiger partial charge >= 0.3 is 0 Å². The van der Waals surface area contributed by atoms with Crippen molar-refractivity contribution >= 4 is 6.21 Å². The van der Waals surface area contributed by atoms with Crippen molar-refractivity contribution in [2.75, 3.05) is 33.2 Å². The van der Waals surface area contributed by atoms with Gasteiger partial charge in [0.1, 0.15) is 6.17 Å².